The Morgan fingerprint density at radius 3 is 2.53 bits per heavy atom. The van der Waals surface area contributed by atoms with E-state index in [2.05, 4.69) is 10.4 Å². The van der Waals surface area contributed by atoms with Gasteiger partial charge in [-0.15, -0.1) is 5.10 Å². The highest BCUT2D eigenvalue weighted by Crippen LogP contribution is 2.30. The zero-order valence-electron chi connectivity index (χ0n) is 7.98. The van der Waals surface area contributed by atoms with Crippen molar-refractivity contribution in [3.05, 3.63) is 11.8 Å². The summed E-state index contributed by atoms with van der Waals surface area (Å²) in [5, 5.41) is 8.32. The number of nitrogens with zero attached hydrogens (tertiary/aromatic N) is 1. The van der Waals surface area contributed by atoms with Crippen LogP contribution in [0.4, 0.5) is 13.2 Å². The first-order valence-corrected chi connectivity index (χ1v) is 4.41. The molecule has 0 radical (unpaired) electrons. The van der Waals surface area contributed by atoms with Crippen LogP contribution in [0.1, 0.15) is 12.6 Å². The minimum absolute atomic E-state index is 0.0219. The lowest BCUT2D eigenvalue weighted by Gasteiger charge is -2.38. The molecule has 1 fully saturated rings. The molecular weight excluding hydrogens is 211 g/mol. The largest absolute Gasteiger partial charge is 0.468 e. The van der Waals surface area contributed by atoms with Crippen LogP contribution in [-0.4, -0.2) is 28.9 Å². The van der Waals surface area contributed by atoms with Crippen molar-refractivity contribution in [3.8, 4) is 5.88 Å². The molecule has 1 aromatic heterocycles. The molecule has 1 aromatic rings. The second-order valence-electron chi connectivity index (χ2n) is 3.77. The van der Waals surface area contributed by atoms with E-state index in [0.29, 0.717) is 13.1 Å². The van der Waals surface area contributed by atoms with Crippen LogP contribution < -0.4 is 10.1 Å². The molecule has 7 heteroatoms. The fraction of sp³-hybridized carbons (Fsp3) is 0.625. The molecule has 84 valence electrons. The molecule has 0 spiro atoms. The molecule has 0 aliphatic carbocycles. The van der Waals surface area contributed by atoms with E-state index in [0.717, 1.165) is 6.07 Å². The molecule has 0 bridgehead atoms. The normalized spacial score (nSPS) is 19.7. The standard InChI is InChI=1S/C8H10F3N3O/c1-7(3-12-4-7)15-6-2-5(13-14-6)8(9,10)11/h2,12H,3-4H2,1H3,(H,13,14). The van der Waals surface area contributed by atoms with Gasteiger partial charge in [0.2, 0.25) is 5.88 Å². The minimum atomic E-state index is -4.41. The minimum Gasteiger partial charge on any atom is -0.468 e. The quantitative estimate of drug-likeness (QED) is 0.788. The van der Waals surface area contributed by atoms with E-state index >= 15 is 0 Å². The summed E-state index contributed by atoms with van der Waals surface area (Å²) in [6, 6.07) is 0.865. The summed E-state index contributed by atoms with van der Waals surface area (Å²) < 4.78 is 41.9. The molecule has 4 nitrogen and oxygen atoms in total. The summed E-state index contributed by atoms with van der Waals surface area (Å²) in [5.74, 6) is -0.0219. The van der Waals surface area contributed by atoms with Crippen molar-refractivity contribution in [2.45, 2.75) is 18.7 Å². The number of halogens is 3. The number of aromatic amines is 1. The van der Waals surface area contributed by atoms with Crippen molar-refractivity contribution in [2.24, 2.45) is 0 Å². The first-order valence-electron chi connectivity index (χ1n) is 4.41. The highest BCUT2D eigenvalue weighted by molar-refractivity contribution is 5.18. The number of hydrogen-bond acceptors (Lipinski definition) is 3. The monoisotopic (exact) mass is 221 g/mol. The molecular formula is C8H10F3N3O. The number of aromatic nitrogens is 2. The van der Waals surface area contributed by atoms with E-state index in [4.69, 9.17) is 4.74 Å². The zero-order chi connectivity index (χ0) is 11.1. The van der Waals surface area contributed by atoms with Gasteiger partial charge in [0.05, 0.1) is 0 Å². The van der Waals surface area contributed by atoms with Gasteiger partial charge in [-0.3, -0.25) is 5.10 Å². The second kappa shape index (κ2) is 3.13. The van der Waals surface area contributed by atoms with E-state index in [-0.39, 0.29) is 5.88 Å². The predicted molar refractivity (Wildman–Crippen MR) is 45.5 cm³/mol. The molecule has 0 saturated carbocycles. The van der Waals surface area contributed by atoms with Gasteiger partial charge >= 0.3 is 6.18 Å². The van der Waals surface area contributed by atoms with Crippen molar-refractivity contribution in [3.63, 3.8) is 0 Å². The zero-order valence-corrected chi connectivity index (χ0v) is 7.98. The lowest BCUT2D eigenvalue weighted by Crippen LogP contribution is -2.61. The van der Waals surface area contributed by atoms with E-state index in [1.807, 2.05) is 12.0 Å². The molecule has 1 aliphatic rings. The topological polar surface area (TPSA) is 49.9 Å². The van der Waals surface area contributed by atoms with Crippen molar-refractivity contribution in [1.29, 1.82) is 0 Å². The van der Waals surface area contributed by atoms with E-state index in [1.54, 1.807) is 0 Å². The SMILES string of the molecule is CC1(Oc2cc(C(F)(F)F)[nH]n2)CNC1. The van der Waals surface area contributed by atoms with Crippen LogP contribution in [0, 0.1) is 0 Å². The van der Waals surface area contributed by atoms with Gasteiger partial charge in [-0.2, -0.15) is 13.2 Å². The number of rotatable bonds is 2. The Morgan fingerprint density at radius 1 is 1.47 bits per heavy atom. The highest BCUT2D eigenvalue weighted by Gasteiger charge is 2.37. The maximum atomic E-state index is 12.2. The van der Waals surface area contributed by atoms with Gasteiger partial charge in [0, 0.05) is 19.2 Å². The van der Waals surface area contributed by atoms with Crippen molar-refractivity contribution in [2.75, 3.05) is 13.1 Å². The molecule has 0 aromatic carbocycles. The Bertz CT molecular complexity index is 356. The number of alkyl halides is 3. The summed E-state index contributed by atoms with van der Waals surface area (Å²) in [6.45, 7) is 3.04. The van der Waals surface area contributed by atoms with Gasteiger partial charge in [0.25, 0.3) is 0 Å². The summed E-state index contributed by atoms with van der Waals surface area (Å²) in [5.41, 5.74) is -1.34. The maximum Gasteiger partial charge on any atom is 0.432 e. The Labute approximate surface area is 83.8 Å². The van der Waals surface area contributed by atoms with Gasteiger partial charge < -0.3 is 10.1 Å². The van der Waals surface area contributed by atoms with Crippen LogP contribution in [-0.2, 0) is 6.18 Å². The number of hydrogen-bond donors (Lipinski definition) is 2. The Morgan fingerprint density at radius 2 is 2.13 bits per heavy atom. The Balaban J connectivity index is 2.07. The summed E-state index contributed by atoms with van der Waals surface area (Å²) in [4.78, 5) is 0. The van der Waals surface area contributed by atoms with Crippen LogP contribution >= 0.6 is 0 Å². The van der Waals surface area contributed by atoms with Crippen molar-refractivity contribution >= 4 is 0 Å². The number of ether oxygens (including phenoxy) is 1. The average Bonchev–Trinajstić information content (AvgIpc) is 2.49. The third-order valence-corrected chi connectivity index (χ3v) is 2.21. The first kappa shape index (κ1) is 10.3. The van der Waals surface area contributed by atoms with Crippen LogP contribution in [0.5, 0.6) is 5.88 Å². The fourth-order valence-corrected chi connectivity index (χ4v) is 1.30. The molecule has 1 aliphatic heterocycles. The van der Waals surface area contributed by atoms with Gasteiger partial charge in [-0.05, 0) is 6.92 Å². The van der Waals surface area contributed by atoms with Gasteiger partial charge in [-0.25, -0.2) is 0 Å². The Kier molecular flexibility index (Phi) is 2.14. The summed E-state index contributed by atoms with van der Waals surface area (Å²) in [7, 11) is 0. The third-order valence-electron chi connectivity index (χ3n) is 2.21. The molecule has 2 N–H and O–H groups in total. The molecule has 1 saturated heterocycles. The third kappa shape index (κ3) is 2.06. The Hall–Kier alpha value is -1.24. The molecule has 0 amide bonds. The second-order valence-corrected chi connectivity index (χ2v) is 3.77. The van der Waals surface area contributed by atoms with Crippen molar-refractivity contribution in [1.82, 2.24) is 15.5 Å². The van der Waals surface area contributed by atoms with Crippen LogP contribution in [0.3, 0.4) is 0 Å². The smallest absolute Gasteiger partial charge is 0.432 e. The predicted octanol–water partition coefficient (Wildman–Crippen LogP) is 1.17. The average molecular weight is 221 g/mol. The van der Waals surface area contributed by atoms with E-state index < -0.39 is 17.5 Å². The summed E-state index contributed by atoms with van der Waals surface area (Å²) in [6.07, 6.45) is -4.41. The van der Waals surface area contributed by atoms with E-state index in [1.165, 1.54) is 0 Å². The summed E-state index contributed by atoms with van der Waals surface area (Å²) >= 11 is 0. The number of H-pyrrole nitrogens is 1. The van der Waals surface area contributed by atoms with Crippen LogP contribution in [0.25, 0.3) is 0 Å². The molecule has 0 atom stereocenters. The van der Waals surface area contributed by atoms with Gasteiger partial charge in [0.1, 0.15) is 11.3 Å². The molecule has 15 heavy (non-hydrogen) atoms. The first-order chi connectivity index (χ1) is 6.89. The fourth-order valence-electron chi connectivity index (χ4n) is 1.30. The lowest BCUT2D eigenvalue weighted by molar-refractivity contribution is -0.141. The molecule has 2 rings (SSSR count). The van der Waals surface area contributed by atoms with Crippen LogP contribution in [0.2, 0.25) is 0 Å². The van der Waals surface area contributed by atoms with Crippen LogP contribution in [0.15, 0.2) is 6.07 Å². The molecule has 2 heterocycles. The van der Waals surface area contributed by atoms with Gasteiger partial charge in [0.15, 0.2) is 0 Å². The molecule has 0 unspecified atom stereocenters. The number of nitrogens with one attached hydrogen (secondary N) is 2. The highest BCUT2D eigenvalue weighted by atomic mass is 19.4. The van der Waals surface area contributed by atoms with E-state index in [9.17, 15) is 13.2 Å². The lowest BCUT2D eigenvalue weighted by atomic mass is 10.0. The van der Waals surface area contributed by atoms with Crippen molar-refractivity contribution < 1.29 is 17.9 Å². The maximum absolute atomic E-state index is 12.2. The van der Waals surface area contributed by atoms with Gasteiger partial charge in [-0.1, -0.05) is 0 Å².